The second-order valence-corrected chi connectivity index (χ2v) is 8.03. The smallest absolute Gasteiger partial charge is 0.283 e. The van der Waals surface area contributed by atoms with Gasteiger partial charge in [-0.1, -0.05) is 6.07 Å². The van der Waals surface area contributed by atoms with Crippen LogP contribution in [0.2, 0.25) is 0 Å². The Labute approximate surface area is 184 Å². The molecule has 162 valence electrons. The van der Waals surface area contributed by atoms with Crippen LogP contribution in [0.4, 0.5) is 10.1 Å². The summed E-state index contributed by atoms with van der Waals surface area (Å²) >= 11 is 0. The summed E-state index contributed by atoms with van der Waals surface area (Å²) in [7, 11) is 0. The maximum Gasteiger partial charge on any atom is 0.283 e. The summed E-state index contributed by atoms with van der Waals surface area (Å²) in [6, 6.07) is 15.2. The van der Waals surface area contributed by atoms with Crippen LogP contribution in [0.3, 0.4) is 0 Å². The Balaban J connectivity index is 1.51. The first kappa shape index (κ1) is 19.1. The number of anilines is 1. The quantitative estimate of drug-likeness (QED) is 0.625. The molecule has 6 rings (SSSR count). The fourth-order valence-corrected chi connectivity index (χ4v) is 4.63. The molecule has 2 N–H and O–H groups in total. The Morgan fingerprint density at radius 1 is 1.00 bits per heavy atom. The number of halogens is 1. The maximum absolute atomic E-state index is 14.4. The summed E-state index contributed by atoms with van der Waals surface area (Å²) in [5, 5.41) is 0. The lowest BCUT2D eigenvalue weighted by atomic mass is 9.80. The first-order valence-corrected chi connectivity index (χ1v) is 10.5. The van der Waals surface area contributed by atoms with E-state index in [2.05, 4.69) is 16.0 Å². The monoisotopic (exact) mass is 432 g/mol. The molecule has 0 unspecified atom stereocenters. The fraction of sp³-hybridized carbons (Fsp3) is 0.250. The van der Waals surface area contributed by atoms with Gasteiger partial charge in [0.1, 0.15) is 18.1 Å². The molecular formula is C24H21FN4O3. The molecule has 2 aromatic carbocycles. The zero-order chi connectivity index (χ0) is 21.7. The topological polar surface area (TPSA) is 82.2 Å². The van der Waals surface area contributed by atoms with Crippen molar-refractivity contribution in [2.75, 3.05) is 37.8 Å². The van der Waals surface area contributed by atoms with E-state index in [1.807, 2.05) is 30.3 Å². The number of morpholine rings is 1. The number of aliphatic imine (C=N–C) groups is 1. The van der Waals surface area contributed by atoms with Crippen molar-refractivity contribution in [3.05, 3.63) is 71.8 Å². The summed E-state index contributed by atoms with van der Waals surface area (Å²) in [6.45, 7) is 3.25. The highest BCUT2D eigenvalue weighted by molar-refractivity contribution is 5.78. The van der Waals surface area contributed by atoms with Crippen LogP contribution in [0, 0.1) is 5.95 Å². The highest BCUT2D eigenvalue weighted by atomic mass is 19.1. The van der Waals surface area contributed by atoms with E-state index in [0.29, 0.717) is 35.8 Å². The Bertz CT molecular complexity index is 1240. The number of aromatic nitrogens is 1. The van der Waals surface area contributed by atoms with E-state index in [9.17, 15) is 4.39 Å². The van der Waals surface area contributed by atoms with Gasteiger partial charge in [0.05, 0.1) is 13.2 Å². The molecule has 1 atom stereocenters. The molecule has 1 aromatic heterocycles. The van der Waals surface area contributed by atoms with Gasteiger partial charge >= 0.3 is 0 Å². The molecule has 0 radical (unpaired) electrons. The Morgan fingerprint density at radius 2 is 1.78 bits per heavy atom. The van der Waals surface area contributed by atoms with Crippen molar-refractivity contribution in [1.29, 1.82) is 0 Å². The fourth-order valence-electron chi connectivity index (χ4n) is 4.63. The third kappa shape index (κ3) is 2.90. The molecule has 4 heterocycles. The van der Waals surface area contributed by atoms with E-state index in [0.717, 1.165) is 29.9 Å². The van der Waals surface area contributed by atoms with Crippen LogP contribution in [0.15, 0.2) is 59.7 Å². The van der Waals surface area contributed by atoms with Gasteiger partial charge in [-0.25, -0.2) is 9.98 Å². The number of hydrogen-bond donors (Lipinski definition) is 1. The minimum absolute atomic E-state index is 0.124. The van der Waals surface area contributed by atoms with Crippen molar-refractivity contribution >= 4 is 11.7 Å². The number of hydrogen-bond acceptors (Lipinski definition) is 7. The van der Waals surface area contributed by atoms with Crippen LogP contribution in [-0.2, 0) is 15.0 Å². The molecule has 32 heavy (non-hydrogen) atoms. The lowest BCUT2D eigenvalue weighted by molar-refractivity contribution is 0.122. The minimum atomic E-state index is -0.871. The van der Waals surface area contributed by atoms with Crippen LogP contribution >= 0.6 is 0 Å². The Hall–Kier alpha value is -3.65. The molecule has 7 nitrogen and oxygen atoms in total. The lowest BCUT2D eigenvalue weighted by Crippen LogP contribution is -2.37. The second-order valence-electron chi connectivity index (χ2n) is 8.03. The summed E-state index contributed by atoms with van der Waals surface area (Å²) < 4.78 is 31.8. The Kier molecular flexibility index (Phi) is 4.29. The molecule has 0 saturated carbocycles. The molecule has 1 spiro atoms. The van der Waals surface area contributed by atoms with Gasteiger partial charge in [-0.05, 0) is 48.0 Å². The predicted octanol–water partition coefficient (Wildman–Crippen LogP) is 3.42. The first-order chi connectivity index (χ1) is 15.6. The van der Waals surface area contributed by atoms with Crippen molar-refractivity contribution in [3.8, 4) is 22.6 Å². The average molecular weight is 432 g/mol. The zero-order valence-corrected chi connectivity index (χ0v) is 17.3. The lowest BCUT2D eigenvalue weighted by Gasteiger charge is -2.35. The standard InChI is InChI=1S/C24H21FN4O3/c25-22-17(2-1-7-27-22)15-3-5-20-18(12-15)24(14-31-23(26)28-24)19-13-16(4-6-21(19)32-20)29-8-10-30-11-9-29/h1-7,12-13H,8-11,14H2,(H2,26,28)/t24-/m0/s1. The van der Waals surface area contributed by atoms with Crippen LogP contribution < -0.4 is 15.4 Å². The largest absolute Gasteiger partial charge is 0.462 e. The van der Waals surface area contributed by atoms with E-state index in [-0.39, 0.29) is 12.6 Å². The normalized spacial score (nSPS) is 21.4. The molecular weight excluding hydrogens is 411 g/mol. The van der Waals surface area contributed by atoms with Gasteiger partial charge < -0.3 is 24.8 Å². The van der Waals surface area contributed by atoms with Crippen LogP contribution in [0.5, 0.6) is 11.5 Å². The van der Waals surface area contributed by atoms with Crippen molar-refractivity contribution in [2.45, 2.75) is 5.54 Å². The summed E-state index contributed by atoms with van der Waals surface area (Å²) in [5.74, 6) is 0.822. The number of nitrogens with two attached hydrogens (primary N) is 1. The van der Waals surface area contributed by atoms with Crippen LogP contribution in [-0.4, -0.2) is 43.9 Å². The molecule has 0 aliphatic carbocycles. The molecule has 3 aliphatic heterocycles. The number of fused-ring (bicyclic) bond motifs is 4. The van der Waals surface area contributed by atoms with Gasteiger partial charge in [0.2, 0.25) is 5.95 Å². The molecule has 3 aromatic rings. The number of rotatable bonds is 2. The number of nitrogens with zero attached hydrogens (tertiary/aromatic N) is 3. The number of ether oxygens (including phenoxy) is 3. The highest BCUT2D eigenvalue weighted by Crippen LogP contribution is 2.52. The second kappa shape index (κ2) is 7.20. The number of benzene rings is 2. The SMILES string of the molecule is NC1=N[C@@]2(CO1)c1cc(-c3cccnc3F)ccc1Oc1ccc(N3CCOCC3)cc12. The van der Waals surface area contributed by atoms with E-state index in [1.165, 1.54) is 6.20 Å². The molecule has 1 saturated heterocycles. The van der Waals surface area contributed by atoms with Gasteiger partial charge in [-0.3, -0.25) is 0 Å². The van der Waals surface area contributed by atoms with Crippen LogP contribution in [0.1, 0.15) is 11.1 Å². The van der Waals surface area contributed by atoms with Crippen molar-refractivity contribution in [3.63, 3.8) is 0 Å². The predicted molar refractivity (Wildman–Crippen MR) is 118 cm³/mol. The number of amidine groups is 1. The molecule has 3 aliphatic rings. The zero-order valence-electron chi connectivity index (χ0n) is 17.3. The molecule has 0 bridgehead atoms. The molecule has 1 fully saturated rings. The van der Waals surface area contributed by atoms with Crippen molar-refractivity contribution in [1.82, 2.24) is 4.98 Å². The highest BCUT2D eigenvalue weighted by Gasteiger charge is 2.47. The van der Waals surface area contributed by atoms with E-state index < -0.39 is 11.5 Å². The van der Waals surface area contributed by atoms with Gasteiger partial charge in [0, 0.05) is 41.7 Å². The van der Waals surface area contributed by atoms with Gasteiger partial charge in [0.25, 0.3) is 6.02 Å². The average Bonchev–Trinajstić information content (AvgIpc) is 3.22. The van der Waals surface area contributed by atoms with E-state index in [4.69, 9.17) is 24.9 Å². The van der Waals surface area contributed by atoms with Gasteiger partial charge in [-0.15, -0.1) is 0 Å². The van der Waals surface area contributed by atoms with Gasteiger partial charge in [0.15, 0.2) is 5.54 Å². The summed E-state index contributed by atoms with van der Waals surface area (Å²) in [4.78, 5) is 10.8. The van der Waals surface area contributed by atoms with Crippen molar-refractivity contribution in [2.24, 2.45) is 10.7 Å². The Morgan fingerprint density at radius 3 is 2.53 bits per heavy atom. The third-order valence-electron chi connectivity index (χ3n) is 6.23. The summed E-state index contributed by atoms with van der Waals surface area (Å²) in [5.41, 5.74) is 8.94. The molecule has 0 amide bonds. The van der Waals surface area contributed by atoms with Crippen molar-refractivity contribution < 1.29 is 18.6 Å². The van der Waals surface area contributed by atoms with E-state index in [1.54, 1.807) is 12.1 Å². The maximum atomic E-state index is 14.4. The van der Waals surface area contributed by atoms with Crippen LogP contribution in [0.25, 0.3) is 11.1 Å². The number of pyridine rings is 1. The van der Waals surface area contributed by atoms with Gasteiger partial charge in [-0.2, -0.15) is 4.39 Å². The first-order valence-electron chi connectivity index (χ1n) is 10.5. The summed E-state index contributed by atoms with van der Waals surface area (Å²) in [6.07, 6.45) is 1.43. The molecule has 8 heteroatoms. The van der Waals surface area contributed by atoms with E-state index >= 15 is 0 Å². The third-order valence-corrected chi connectivity index (χ3v) is 6.23. The minimum Gasteiger partial charge on any atom is -0.462 e.